The maximum atomic E-state index is 8.58. The fourth-order valence-corrected chi connectivity index (χ4v) is 0.776. The Balaban J connectivity index is 2.40. The number of hydrogen-bond acceptors (Lipinski definition) is 3. The third-order valence-electron chi connectivity index (χ3n) is 1.31. The Morgan fingerprint density at radius 2 is 2.50 bits per heavy atom. The van der Waals surface area contributed by atoms with Crippen LogP contribution in [0, 0.1) is 0 Å². The van der Waals surface area contributed by atoms with Crippen LogP contribution in [0.4, 0.5) is 0 Å². The maximum Gasteiger partial charge on any atom is 0.0935 e. The monoisotopic (exact) mass is 141 g/mol. The van der Waals surface area contributed by atoms with Crippen molar-refractivity contribution in [1.29, 1.82) is 0 Å². The van der Waals surface area contributed by atoms with E-state index in [1.54, 1.807) is 12.5 Å². The van der Waals surface area contributed by atoms with Gasteiger partial charge in [0.1, 0.15) is 0 Å². The lowest BCUT2D eigenvalue weighted by atomic mass is 10.1. The molecule has 0 unspecified atom stereocenters. The summed E-state index contributed by atoms with van der Waals surface area (Å²) >= 11 is 0. The van der Waals surface area contributed by atoms with Gasteiger partial charge in [-0.25, -0.2) is 0 Å². The number of aliphatic hydroxyl groups excluding tert-OH is 1. The molecule has 1 heterocycles. The van der Waals surface area contributed by atoms with E-state index in [1.165, 1.54) is 0 Å². The molecular weight excluding hydrogens is 130 g/mol. The molecule has 10 heavy (non-hydrogen) atoms. The van der Waals surface area contributed by atoms with Crippen LogP contribution in [0.2, 0.25) is 0 Å². The molecule has 3 heteroatoms. The molecule has 0 fully saturated rings. The highest BCUT2D eigenvalue weighted by atomic mass is 16.3. The molecule has 0 bridgehead atoms. The first-order valence-electron chi connectivity index (χ1n) is 3.20. The third kappa shape index (κ3) is 1.86. The SMILES string of the molecule is N[C@@H](CO)Cc1ccoc1. The fraction of sp³-hybridized carbons (Fsp3) is 0.429. The van der Waals surface area contributed by atoms with Crippen LogP contribution in [-0.4, -0.2) is 17.8 Å². The Bertz CT molecular complexity index is 172. The second kappa shape index (κ2) is 3.39. The van der Waals surface area contributed by atoms with E-state index in [-0.39, 0.29) is 12.6 Å². The number of aliphatic hydroxyl groups is 1. The predicted molar refractivity (Wildman–Crippen MR) is 37.5 cm³/mol. The maximum absolute atomic E-state index is 8.58. The van der Waals surface area contributed by atoms with Gasteiger partial charge in [-0.1, -0.05) is 0 Å². The van der Waals surface area contributed by atoms with E-state index in [0.29, 0.717) is 6.42 Å². The molecule has 0 aliphatic carbocycles. The molecule has 3 N–H and O–H groups in total. The summed E-state index contributed by atoms with van der Waals surface area (Å²) in [5, 5.41) is 8.58. The van der Waals surface area contributed by atoms with Gasteiger partial charge in [0, 0.05) is 6.04 Å². The van der Waals surface area contributed by atoms with Crippen molar-refractivity contribution in [2.24, 2.45) is 5.73 Å². The molecule has 56 valence electrons. The lowest BCUT2D eigenvalue weighted by Gasteiger charge is -2.03. The van der Waals surface area contributed by atoms with Gasteiger partial charge >= 0.3 is 0 Å². The van der Waals surface area contributed by atoms with Crippen molar-refractivity contribution in [3.63, 3.8) is 0 Å². The van der Waals surface area contributed by atoms with Crippen molar-refractivity contribution in [3.8, 4) is 0 Å². The van der Waals surface area contributed by atoms with Gasteiger partial charge in [-0.15, -0.1) is 0 Å². The van der Waals surface area contributed by atoms with Crippen molar-refractivity contribution in [3.05, 3.63) is 24.2 Å². The summed E-state index contributed by atoms with van der Waals surface area (Å²) in [5.74, 6) is 0. The van der Waals surface area contributed by atoms with Crippen LogP contribution in [0.5, 0.6) is 0 Å². The van der Waals surface area contributed by atoms with Crippen LogP contribution < -0.4 is 5.73 Å². The summed E-state index contributed by atoms with van der Waals surface area (Å²) in [5.41, 5.74) is 6.50. The molecule has 0 saturated carbocycles. The molecule has 1 aromatic heterocycles. The Morgan fingerprint density at radius 3 is 3.00 bits per heavy atom. The molecule has 0 aliphatic heterocycles. The highest BCUT2D eigenvalue weighted by Crippen LogP contribution is 2.01. The summed E-state index contributed by atoms with van der Waals surface area (Å²) in [6.07, 6.45) is 3.90. The highest BCUT2D eigenvalue weighted by molar-refractivity contribution is 5.06. The number of furan rings is 1. The zero-order valence-electron chi connectivity index (χ0n) is 5.66. The van der Waals surface area contributed by atoms with Gasteiger partial charge in [-0.05, 0) is 18.1 Å². The number of nitrogens with two attached hydrogens (primary N) is 1. The molecule has 0 amide bonds. The molecule has 0 saturated heterocycles. The Labute approximate surface area is 59.5 Å². The minimum absolute atomic E-state index is 0.0190. The van der Waals surface area contributed by atoms with Crippen molar-refractivity contribution in [2.75, 3.05) is 6.61 Å². The summed E-state index contributed by atoms with van der Waals surface area (Å²) in [6.45, 7) is 0.0190. The highest BCUT2D eigenvalue weighted by Gasteiger charge is 2.01. The topological polar surface area (TPSA) is 59.4 Å². The average Bonchev–Trinajstić information content (AvgIpc) is 2.40. The van der Waals surface area contributed by atoms with E-state index in [9.17, 15) is 0 Å². The van der Waals surface area contributed by atoms with Gasteiger partial charge in [0.15, 0.2) is 0 Å². The summed E-state index contributed by atoms with van der Waals surface area (Å²) < 4.78 is 4.82. The fourth-order valence-electron chi connectivity index (χ4n) is 0.776. The van der Waals surface area contributed by atoms with Crippen LogP contribution in [0.15, 0.2) is 23.0 Å². The lowest BCUT2D eigenvalue weighted by Crippen LogP contribution is -2.26. The summed E-state index contributed by atoms with van der Waals surface area (Å²) in [6, 6.07) is 1.67. The van der Waals surface area contributed by atoms with Crippen molar-refractivity contribution in [2.45, 2.75) is 12.5 Å². The number of rotatable bonds is 3. The molecule has 1 rings (SSSR count). The smallest absolute Gasteiger partial charge is 0.0935 e. The lowest BCUT2D eigenvalue weighted by molar-refractivity contribution is 0.265. The van der Waals surface area contributed by atoms with Gasteiger partial charge in [-0.3, -0.25) is 0 Å². The van der Waals surface area contributed by atoms with E-state index in [4.69, 9.17) is 15.3 Å². The molecule has 1 atom stereocenters. The third-order valence-corrected chi connectivity index (χ3v) is 1.31. The standard InChI is InChI=1S/C7H11NO2/c8-7(4-9)3-6-1-2-10-5-6/h1-2,5,7,9H,3-4,8H2/t7-/m1/s1. The second-order valence-electron chi connectivity index (χ2n) is 2.28. The summed E-state index contributed by atoms with van der Waals surface area (Å²) in [7, 11) is 0. The molecule has 1 aromatic rings. The summed E-state index contributed by atoms with van der Waals surface area (Å²) in [4.78, 5) is 0. The number of hydrogen-bond donors (Lipinski definition) is 2. The quantitative estimate of drug-likeness (QED) is 0.629. The predicted octanol–water partition coefficient (Wildman–Crippen LogP) is 0.142. The minimum atomic E-state index is -0.169. The van der Waals surface area contributed by atoms with Crippen molar-refractivity contribution < 1.29 is 9.52 Å². The average molecular weight is 141 g/mol. The Hall–Kier alpha value is -0.800. The van der Waals surface area contributed by atoms with Gasteiger partial charge in [0.25, 0.3) is 0 Å². The first-order valence-corrected chi connectivity index (χ1v) is 3.20. The van der Waals surface area contributed by atoms with E-state index in [0.717, 1.165) is 5.56 Å². The first kappa shape index (κ1) is 7.31. The molecule has 0 aliphatic rings. The Kier molecular flexibility index (Phi) is 2.48. The van der Waals surface area contributed by atoms with Gasteiger partial charge < -0.3 is 15.3 Å². The molecule has 0 aromatic carbocycles. The first-order chi connectivity index (χ1) is 4.83. The van der Waals surface area contributed by atoms with Crippen LogP contribution in [0.1, 0.15) is 5.56 Å². The minimum Gasteiger partial charge on any atom is -0.472 e. The normalized spacial score (nSPS) is 13.4. The van der Waals surface area contributed by atoms with Crippen LogP contribution in [0.25, 0.3) is 0 Å². The van der Waals surface area contributed by atoms with Gasteiger partial charge in [0.05, 0.1) is 19.1 Å². The van der Waals surface area contributed by atoms with Gasteiger partial charge in [0.2, 0.25) is 0 Å². The zero-order valence-corrected chi connectivity index (χ0v) is 5.66. The van der Waals surface area contributed by atoms with Gasteiger partial charge in [-0.2, -0.15) is 0 Å². The van der Waals surface area contributed by atoms with E-state index < -0.39 is 0 Å². The Morgan fingerprint density at radius 1 is 1.70 bits per heavy atom. The van der Waals surface area contributed by atoms with Crippen LogP contribution in [-0.2, 0) is 6.42 Å². The van der Waals surface area contributed by atoms with Crippen molar-refractivity contribution in [1.82, 2.24) is 0 Å². The molecular formula is C7H11NO2. The molecule has 0 radical (unpaired) electrons. The second-order valence-corrected chi connectivity index (χ2v) is 2.28. The van der Waals surface area contributed by atoms with Crippen LogP contribution in [0.3, 0.4) is 0 Å². The molecule has 0 spiro atoms. The van der Waals surface area contributed by atoms with E-state index >= 15 is 0 Å². The van der Waals surface area contributed by atoms with Crippen molar-refractivity contribution >= 4 is 0 Å². The largest absolute Gasteiger partial charge is 0.472 e. The van der Waals surface area contributed by atoms with E-state index in [1.807, 2.05) is 6.07 Å². The molecule has 3 nitrogen and oxygen atoms in total. The van der Waals surface area contributed by atoms with E-state index in [2.05, 4.69) is 0 Å². The van der Waals surface area contributed by atoms with Crippen LogP contribution >= 0.6 is 0 Å². The zero-order chi connectivity index (χ0) is 7.40.